The second-order valence-corrected chi connectivity index (χ2v) is 7.55. The zero-order valence-corrected chi connectivity index (χ0v) is 13.3. The topological polar surface area (TPSA) is 29.9 Å². The molecule has 2 heterocycles. The van der Waals surface area contributed by atoms with Crippen LogP contribution in [0, 0.1) is 11.3 Å². The van der Waals surface area contributed by atoms with Gasteiger partial charge < -0.3 is 9.88 Å². The first-order valence-corrected chi connectivity index (χ1v) is 8.35. The van der Waals surface area contributed by atoms with Crippen LogP contribution < -0.4 is 5.32 Å². The molecule has 0 amide bonds. The molecule has 1 aliphatic heterocycles. The molecule has 1 aromatic heterocycles. The predicted octanol–water partition coefficient (Wildman–Crippen LogP) is 3.31. The lowest BCUT2D eigenvalue weighted by atomic mass is 9.88. The number of hydrogen-bond acceptors (Lipinski definition) is 2. The van der Waals surface area contributed by atoms with E-state index in [1.54, 1.807) is 0 Å². The van der Waals surface area contributed by atoms with Gasteiger partial charge in [-0.2, -0.15) is 0 Å². The van der Waals surface area contributed by atoms with Crippen LogP contribution in [0.25, 0.3) is 0 Å². The second kappa shape index (κ2) is 5.51. The summed E-state index contributed by atoms with van der Waals surface area (Å²) in [5.41, 5.74) is 3.34. The van der Waals surface area contributed by atoms with Crippen LogP contribution in [0.1, 0.15) is 63.7 Å². The van der Waals surface area contributed by atoms with Gasteiger partial charge in [0, 0.05) is 38.2 Å². The molecule has 112 valence electrons. The van der Waals surface area contributed by atoms with Crippen molar-refractivity contribution >= 4 is 0 Å². The smallest absolute Gasteiger partial charge is 0.109 e. The number of rotatable bonds is 4. The highest BCUT2D eigenvalue weighted by Gasteiger charge is 2.31. The Hall–Kier alpha value is -0.830. The molecular weight excluding hydrogens is 246 g/mol. The Balaban J connectivity index is 1.91. The third-order valence-electron chi connectivity index (χ3n) is 5.01. The highest BCUT2D eigenvalue weighted by molar-refractivity contribution is 5.21. The average Bonchev–Trinajstić information content (AvgIpc) is 2.95. The summed E-state index contributed by atoms with van der Waals surface area (Å²) in [6.07, 6.45) is 7.86. The molecule has 3 heteroatoms. The van der Waals surface area contributed by atoms with Crippen LogP contribution in [-0.2, 0) is 25.9 Å². The standard InChI is InChI=1S/C17H29N3/c1-13(2)10-16-19-14-11-18-9-6-15(14)20(16)12-17(3)7-4-5-8-17/h13,18H,4-12H2,1-3H3. The average molecular weight is 275 g/mol. The fourth-order valence-corrected chi connectivity index (χ4v) is 3.90. The van der Waals surface area contributed by atoms with Crippen molar-refractivity contribution in [2.75, 3.05) is 6.54 Å². The number of hydrogen-bond donors (Lipinski definition) is 1. The Morgan fingerprint density at radius 2 is 2.05 bits per heavy atom. The summed E-state index contributed by atoms with van der Waals surface area (Å²) in [4.78, 5) is 4.96. The fourth-order valence-electron chi connectivity index (χ4n) is 3.90. The van der Waals surface area contributed by atoms with E-state index in [2.05, 4.69) is 30.7 Å². The summed E-state index contributed by atoms with van der Waals surface area (Å²) in [5, 5.41) is 3.46. The van der Waals surface area contributed by atoms with Crippen molar-refractivity contribution in [1.29, 1.82) is 0 Å². The Labute approximate surface area is 123 Å². The van der Waals surface area contributed by atoms with Gasteiger partial charge in [0.1, 0.15) is 5.82 Å². The van der Waals surface area contributed by atoms with Gasteiger partial charge in [-0.05, 0) is 24.2 Å². The van der Waals surface area contributed by atoms with E-state index in [1.165, 1.54) is 49.4 Å². The Bertz CT molecular complexity index is 467. The normalized spacial score (nSPS) is 21.4. The van der Waals surface area contributed by atoms with Gasteiger partial charge >= 0.3 is 0 Å². The van der Waals surface area contributed by atoms with Gasteiger partial charge in [0.15, 0.2) is 0 Å². The molecule has 3 rings (SSSR count). The number of nitrogens with one attached hydrogen (secondary N) is 1. The van der Waals surface area contributed by atoms with Crippen molar-refractivity contribution in [2.45, 2.75) is 72.4 Å². The summed E-state index contributed by atoms with van der Waals surface area (Å²) in [6, 6.07) is 0. The first-order valence-electron chi connectivity index (χ1n) is 8.35. The van der Waals surface area contributed by atoms with Crippen LogP contribution in [0.5, 0.6) is 0 Å². The van der Waals surface area contributed by atoms with Gasteiger partial charge in [-0.15, -0.1) is 0 Å². The van der Waals surface area contributed by atoms with Crippen molar-refractivity contribution in [3.8, 4) is 0 Å². The summed E-state index contributed by atoms with van der Waals surface area (Å²) in [6.45, 7) is 10.3. The molecule has 0 radical (unpaired) electrons. The lowest BCUT2D eigenvalue weighted by molar-refractivity contribution is 0.272. The van der Waals surface area contributed by atoms with Gasteiger partial charge in [-0.3, -0.25) is 0 Å². The monoisotopic (exact) mass is 275 g/mol. The zero-order valence-electron chi connectivity index (χ0n) is 13.3. The number of imidazole rings is 1. The molecule has 1 aliphatic carbocycles. The molecule has 0 aromatic carbocycles. The van der Waals surface area contributed by atoms with Gasteiger partial charge in [-0.25, -0.2) is 4.98 Å². The number of aromatic nitrogens is 2. The summed E-state index contributed by atoms with van der Waals surface area (Å²) in [7, 11) is 0. The summed E-state index contributed by atoms with van der Waals surface area (Å²) < 4.78 is 2.60. The van der Waals surface area contributed by atoms with Crippen LogP contribution in [0.15, 0.2) is 0 Å². The molecule has 0 spiro atoms. The molecule has 0 unspecified atom stereocenters. The van der Waals surface area contributed by atoms with Crippen LogP contribution in [0.2, 0.25) is 0 Å². The van der Waals surface area contributed by atoms with E-state index < -0.39 is 0 Å². The van der Waals surface area contributed by atoms with E-state index in [-0.39, 0.29) is 0 Å². The Kier molecular flexibility index (Phi) is 3.89. The SMILES string of the molecule is CC(C)Cc1nc2c(n1CC1(C)CCCC1)CCNC2. The van der Waals surface area contributed by atoms with Crippen molar-refractivity contribution in [3.05, 3.63) is 17.2 Å². The van der Waals surface area contributed by atoms with Crippen LogP contribution in [-0.4, -0.2) is 16.1 Å². The van der Waals surface area contributed by atoms with Crippen molar-refractivity contribution in [2.24, 2.45) is 11.3 Å². The largest absolute Gasteiger partial charge is 0.331 e. The molecule has 3 nitrogen and oxygen atoms in total. The second-order valence-electron chi connectivity index (χ2n) is 7.55. The molecule has 0 atom stereocenters. The number of nitrogens with zero attached hydrogens (tertiary/aromatic N) is 2. The third-order valence-corrected chi connectivity index (χ3v) is 5.01. The van der Waals surface area contributed by atoms with E-state index in [4.69, 9.17) is 4.98 Å². The Morgan fingerprint density at radius 3 is 2.75 bits per heavy atom. The Morgan fingerprint density at radius 1 is 1.30 bits per heavy atom. The highest BCUT2D eigenvalue weighted by atomic mass is 15.1. The van der Waals surface area contributed by atoms with Crippen molar-refractivity contribution in [3.63, 3.8) is 0 Å². The maximum Gasteiger partial charge on any atom is 0.109 e. The number of fused-ring (bicyclic) bond motifs is 1. The molecule has 1 aromatic rings. The quantitative estimate of drug-likeness (QED) is 0.913. The fraction of sp³-hybridized carbons (Fsp3) is 0.824. The molecule has 2 aliphatic rings. The van der Waals surface area contributed by atoms with E-state index in [9.17, 15) is 0 Å². The molecule has 1 saturated carbocycles. The lowest BCUT2D eigenvalue weighted by Gasteiger charge is -2.27. The maximum atomic E-state index is 4.96. The molecule has 1 N–H and O–H groups in total. The van der Waals surface area contributed by atoms with Crippen LogP contribution in [0.3, 0.4) is 0 Å². The van der Waals surface area contributed by atoms with E-state index in [1.807, 2.05) is 0 Å². The van der Waals surface area contributed by atoms with Gasteiger partial charge in [0.25, 0.3) is 0 Å². The highest BCUT2D eigenvalue weighted by Crippen LogP contribution is 2.40. The van der Waals surface area contributed by atoms with Gasteiger partial charge in [-0.1, -0.05) is 33.6 Å². The van der Waals surface area contributed by atoms with E-state index in [0.29, 0.717) is 11.3 Å². The first-order chi connectivity index (χ1) is 9.57. The molecule has 1 fully saturated rings. The van der Waals surface area contributed by atoms with Crippen molar-refractivity contribution in [1.82, 2.24) is 14.9 Å². The zero-order chi connectivity index (χ0) is 14.2. The van der Waals surface area contributed by atoms with Gasteiger partial charge in [0.05, 0.1) is 5.69 Å². The van der Waals surface area contributed by atoms with Gasteiger partial charge in [0.2, 0.25) is 0 Å². The third kappa shape index (κ3) is 2.78. The minimum Gasteiger partial charge on any atom is -0.331 e. The summed E-state index contributed by atoms with van der Waals surface area (Å²) in [5.74, 6) is 2.02. The van der Waals surface area contributed by atoms with E-state index in [0.717, 1.165) is 25.9 Å². The molecule has 0 saturated heterocycles. The van der Waals surface area contributed by atoms with Crippen LogP contribution >= 0.6 is 0 Å². The maximum absolute atomic E-state index is 4.96. The minimum absolute atomic E-state index is 0.505. The van der Waals surface area contributed by atoms with E-state index >= 15 is 0 Å². The lowest BCUT2D eigenvalue weighted by Crippen LogP contribution is -2.28. The molecule has 20 heavy (non-hydrogen) atoms. The first kappa shape index (κ1) is 14.1. The van der Waals surface area contributed by atoms with Crippen LogP contribution in [0.4, 0.5) is 0 Å². The predicted molar refractivity (Wildman–Crippen MR) is 82.8 cm³/mol. The minimum atomic E-state index is 0.505. The molecular formula is C17H29N3. The van der Waals surface area contributed by atoms with Crippen molar-refractivity contribution < 1.29 is 0 Å². The molecule has 0 bridgehead atoms. The summed E-state index contributed by atoms with van der Waals surface area (Å²) >= 11 is 0.